The van der Waals surface area contributed by atoms with Crippen LogP contribution in [0.3, 0.4) is 0 Å². The number of halogens is 3. The summed E-state index contributed by atoms with van der Waals surface area (Å²) in [6, 6.07) is 1.74. The number of hydrogen-bond donors (Lipinski definition) is 3. The van der Waals surface area contributed by atoms with E-state index in [2.05, 4.69) is 15.0 Å². The molecule has 7 atom stereocenters. The Morgan fingerprint density at radius 2 is 1.83 bits per heavy atom. The Morgan fingerprint density at radius 1 is 1.10 bits per heavy atom. The standard InChI is InChI=1S/C40H50F3N5O10S/c1-5-23-18-22(2)8-6-7-9-24-20-39(24,36(51)46-59(54,55)26-10-11-26)45-33(49)29-19-25(21-47(29)35(50)31(23)48(37(52)53)38(3,4)40(41,42)43)58-34-28-12-13-30-32(57-17-16-56-30)27(28)14-15-44-34/h7,9,12-15,22-26,29,31H,5-6,8,10-11,16-21H2,1-4H3,(H,45,49)(H,46,51)(H,52,53)/b9-7-/t22-,23+,24+,25+,29-,31-,39+/m0/s1. The van der Waals surface area contributed by atoms with Crippen LogP contribution in [0.2, 0.25) is 0 Å². The van der Waals surface area contributed by atoms with Gasteiger partial charge in [0.25, 0.3) is 5.91 Å². The van der Waals surface area contributed by atoms with E-state index in [0.29, 0.717) is 75.0 Å². The Hall–Kier alpha value is -4.81. The Kier molecular flexibility index (Phi) is 11.2. The Labute approximate surface area is 340 Å². The highest BCUT2D eigenvalue weighted by Gasteiger charge is 2.63. The summed E-state index contributed by atoms with van der Waals surface area (Å²) in [5, 5.41) is 13.7. The second kappa shape index (κ2) is 15.7. The molecule has 3 aliphatic heterocycles. The molecule has 2 aromatic rings. The summed E-state index contributed by atoms with van der Waals surface area (Å²) in [5.74, 6) is -3.44. The molecule has 15 nitrogen and oxygen atoms in total. The van der Waals surface area contributed by atoms with Crippen LogP contribution < -0.4 is 24.2 Å². The first-order chi connectivity index (χ1) is 27.8. The molecule has 2 saturated carbocycles. The highest BCUT2D eigenvalue weighted by molar-refractivity contribution is 7.91. The molecule has 0 radical (unpaired) electrons. The molecule has 0 bridgehead atoms. The maximum absolute atomic E-state index is 15.2. The topological polar surface area (TPSA) is 194 Å². The molecule has 1 aromatic carbocycles. The van der Waals surface area contributed by atoms with Gasteiger partial charge in [-0.15, -0.1) is 0 Å². The largest absolute Gasteiger partial charge is 0.486 e. The summed E-state index contributed by atoms with van der Waals surface area (Å²) in [4.78, 5) is 62.3. The zero-order valence-electron chi connectivity index (χ0n) is 33.3. The van der Waals surface area contributed by atoms with Gasteiger partial charge in [0.05, 0.1) is 11.8 Å². The van der Waals surface area contributed by atoms with Crippen LogP contribution >= 0.6 is 0 Å². The minimum Gasteiger partial charge on any atom is -0.486 e. The monoisotopic (exact) mass is 849 g/mol. The highest BCUT2D eigenvalue weighted by atomic mass is 32.2. The van der Waals surface area contributed by atoms with Crippen molar-refractivity contribution in [1.82, 2.24) is 24.8 Å². The van der Waals surface area contributed by atoms with Crippen LogP contribution in [-0.4, -0.2) is 113 Å². The molecule has 322 valence electrons. The van der Waals surface area contributed by atoms with Crippen molar-refractivity contribution in [3.8, 4) is 17.4 Å². The number of pyridine rings is 1. The van der Waals surface area contributed by atoms with Gasteiger partial charge in [0, 0.05) is 29.3 Å². The van der Waals surface area contributed by atoms with Gasteiger partial charge in [0.15, 0.2) is 11.5 Å². The predicted octanol–water partition coefficient (Wildman–Crippen LogP) is 4.93. The SMILES string of the molecule is CC[C@@H]1C[C@@H](C)CC/C=C\[C@@H]2C[C@@]2(C(=O)NS(=O)(=O)C2CC2)NC(=O)[C@@H]2C[C@@H](Oc3nccc4c5c(ccc34)OCCO5)CN2C(=O)[C@H]1N(C(=O)O)C(C)(C)C(F)(F)F. The van der Waals surface area contributed by atoms with Crippen molar-refractivity contribution in [3.05, 3.63) is 36.5 Å². The normalized spacial score (nSPS) is 29.6. The second-order valence-corrected chi connectivity index (χ2v) is 18.9. The quantitative estimate of drug-likeness (QED) is 0.305. The van der Waals surface area contributed by atoms with E-state index in [4.69, 9.17) is 14.2 Å². The highest BCUT2D eigenvalue weighted by Crippen LogP contribution is 2.47. The van der Waals surface area contributed by atoms with Crippen LogP contribution in [0.1, 0.15) is 79.1 Å². The number of amides is 4. The molecule has 1 saturated heterocycles. The molecule has 4 heterocycles. The molecule has 19 heteroatoms. The first-order valence-corrected chi connectivity index (χ1v) is 21.6. The minimum absolute atomic E-state index is 0.0561. The van der Waals surface area contributed by atoms with Crippen molar-refractivity contribution in [2.45, 2.75) is 120 Å². The molecule has 7 rings (SSSR count). The smallest absolute Gasteiger partial charge is 0.411 e. The number of fused-ring (bicyclic) bond motifs is 5. The fourth-order valence-corrected chi connectivity index (χ4v) is 10.0. The van der Waals surface area contributed by atoms with Crippen LogP contribution in [0.5, 0.6) is 17.4 Å². The molecule has 3 N–H and O–H groups in total. The van der Waals surface area contributed by atoms with E-state index < -0.39 is 86.4 Å². The fraction of sp³-hybridized carbons (Fsp3) is 0.625. The third kappa shape index (κ3) is 8.10. The number of ether oxygens (including phenoxy) is 3. The summed E-state index contributed by atoms with van der Waals surface area (Å²) < 4.78 is 90.4. The number of nitrogens with one attached hydrogen (secondary N) is 2. The number of sulfonamides is 1. The van der Waals surface area contributed by atoms with Crippen LogP contribution in [0.4, 0.5) is 18.0 Å². The number of aromatic nitrogens is 1. The van der Waals surface area contributed by atoms with Crippen LogP contribution in [0.25, 0.3) is 10.8 Å². The maximum atomic E-state index is 15.2. The molecule has 5 aliphatic rings. The van der Waals surface area contributed by atoms with Crippen LogP contribution in [0, 0.1) is 17.8 Å². The van der Waals surface area contributed by atoms with Gasteiger partial charge in [-0.1, -0.05) is 32.4 Å². The number of rotatable bonds is 8. The Balaban J connectivity index is 1.30. The number of carbonyl (C=O) groups excluding carboxylic acids is 3. The molecule has 59 heavy (non-hydrogen) atoms. The Morgan fingerprint density at radius 3 is 2.51 bits per heavy atom. The van der Waals surface area contributed by atoms with E-state index in [9.17, 15) is 41.1 Å². The number of nitrogens with zero attached hydrogens (tertiary/aromatic N) is 3. The molecule has 0 unspecified atom stereocenters. The summed E-state index contributed by atoms with van der Waals surface area (Å²) in [5.41, 5.74) is -4.74. The number of alkyl halides is 3. The lowest BCUT2D eigenvalue weighted by atomic mass is 9.82. The molecular weight excluding hydrogens is 800 g/mol. The lowest BCUT2D eigenvalue weighted by Crippen LogP contribution is -2.66. The van der Waals surface area contributed by atoms with E-state index >= 15 is 4.79 Å². The van der Waals surface area contributed by atoms with Crippen molar-refractivity contribution in [1.29, 1.82) is 0 Å². The number of allylic oxidation sites excluding steroid dienone is 1. The van der Waals surface area contributed by atoms with Crippen molar-refractivity contribution < 1.29 is 60.1 Å². The summed E-state index contributed by atoms with van der Waals surface area (Å²) in [6.45, 7) is 5.26. The summed E-state index contributed by atoms with van der Waals surface area (Å²) in [7, 11) is -4.03. The number of carbonyl (C=O) groups is 4. The fourth-order valence-electron chi connectivity index (χ4n) is 8.66. The molecule has 4 amide bonds. The first kappa shape index (κ1) is 42.3. The van der Waals surface area contributed by atoms with Crippen molar-refractivity contribution >= 4 is 44.6 Å². The van der Waals surface area contributed by atoms with Gasteiger partial charge in [-0.3, -0.25) is 24.0 Å². The van der Waals surface area contributed by atoms with Gasteiger partial charge in [-0.2, -0.15) is 13.2 Å². The third-order valence-corrected chi connectivity index (χ3v) is 14.2. The van der Waals surface area contributed by atoms with Crippen molar-refractivity contribution in [2.24, 2.45) is 17.8 Å². The van der Waals surface area contributed by atoms with Gasteiger partial charge >= 0.3 is 12.3 Å². The number of carboxylic acid groups (broad SMARTS) is 1. The second-order valence-electron chi connectivity index (χ2n) is 16.9. The van der Waals surface area contributed by atoms with E-state index in [1.807, 2.05) is 13.0 Å². The van der Waals surface area contributed by atoms with Crippen LogP contribution in [0.15, 0.2) is 36.5 Å². The van der Waals surface area contributed by atoms with E-state index in [1.165, 1.54) is 6.20 Å². The summed E-state index contributed by atoms with van der Waals surface area (Å²) in [6.07, 6.45) is -1.11. The lowest BCUT2D eigenvalue weighted by molar-refractivity contribution is -0.222. The zero-order chi connectivity index (χ0) is 42.7. The van der Waals surface area contributed by atoms with E-state index in [1.54, 1.807) is 31.2 Å². The summed E-state index contributed by atoms with van der Waals surface area (Å²) >= 11 is 0. The predicted molar refractivity (Wildman–Crippen MR) is 206 cm³/mol. The average Bonchev–Trinajstić information content (AvgIpc) is 4.10. The van der Waals surface area contributed by atoms with E-state index in [0.717, 1.165) is 4.90 Å². The molecular formula is C40H50F3N5O10S. The number of benzene rings is 1. The molecule has 3 fully saturated rings. The minimum atomic E-state index is -5.10. The van der Waals surface area contributed by atoms with Crippen molar-refractivity contribution in [3.63, 3.8) is 0 Å². The number of hydrogen-bond acceptors (Lipinski definition) is 10. The van der Waals surface area contributed by atoms with Gasteiger partial charge in [-0.25, -0.2) is 18.2 Å². The van der Waals surface area contributed by atoms with Crippen molar-refractivity contribution in [2.75, 3.05) is 19.8 Å². The van der Waals surface area contributed by atoms with Crippen LogP contribution in [-0.2, 0) is 24.4 Å². The van der Waals surface area contributed by atoms with Gasteiger partial charge in [0.1, 0.15) is 42.5 Å². The lowest BCUT2D eigenvalue weighted by Gasteiger charge is -2.46. The van der Waals surface area contributed by atoms with Gasteiger partial charge in [-0.05, 0) is 82.4 Å². The van der Waals surface area contributed by atoms with Gasteiger partial charge in [0.2, 0.25) is 27.7 Å². The first-order valence-electron chi connectivity index (χ1n) is 20.1. The Bertz CT molecular complexity index is 2150. The maximum Gasteiger partial charge on any atom is 0.411 e. The molecule has 1 aromatic heterocycles. The van der Waals surface area contributed by atoms with Gasteiger partial charge < -0.3 is 29.5 Å². The zero-order valence-corrected chi connectivity index (χ0v) is 34.1. The third-order valence-electron chi connectivity index (χ3n) is 12.4. The molecule has 0 spiro atoms. The van der Waals surface area contributed by atoms with E-state index in [-0.39, 0.29) is 48.9 Å². The average molecular weight is 850 g/mol. The molecule has 2 aliphatic carbocycles.